The second-order valence-corrected chi connectivity index (χ2v) is 4.84. The summed E-state index contributed by atoms with van der Waals surface area (Å²) in [4.78, 5) is 2.47. The molecule has 1 aromatic rings. The summed E-state index contributed by atoms with van der Waals surface area (Å²) in [5.74, 6) is 0.707. The maximum Gasteiger partial charge on any atom is 0.0403 e. The van der Waals surface area contributed by atoms with Gasteiger partial charge in [0.15, 0.2) is 0 Å². The average molecular weight is 202 g/mol. The minimum atomic E-state index is 0.707. The predicted molar refractivity (Wildman–Crippen MR) is 63.6 cm³/mol. The molecule has 2 atom stereocenters. The Morgan fingerprint density at radius 3 is 3.13 bits per heavy atom. The Morgan fingerprint density at radius 2 is 2.27 bits per heavy atom. The van der Waals surface area contributed by atoms with E-state index in [9.17, 15) is 0 Å². The van der Waals surface area contributed by atoms with E-state index in [-0.39, 0.29) is 0 Å². The number of piperidine rings is 1. The highest BCUT2D eigenvalue weighted by molar-refractivity contribution is 5.62. The van der Waals surface area contributed by atoms with Crippen molar-refractivity contribution in [3.8, 4) is 0 Å². The molecule has 0 spiro atoms. The van der Waals surface area contributed by atoms with Gasteiger partial charge in [0.25, 0.3) is 0 Å². The first-order valence-electron chi connectivity index (χ1n) is 5.81. The van der Waals surface area contributed by atoms with Crippen molar-refractivity contribution in [3.63, 3.8) is 0 Å². The molecule has 2 heterocycles. The first kappa shape index (κ1) is 9.22. The second-order valence-electron chi connectivity index (χ2n) is 4.84. The zero-order chi connectivity index (χ0) is 10.4. The summed E-state index contributed by atoms with van der Waals surface area (Å²) in [6.07, 6.45) is 1.27. The van der Waals surface area contributed by atoms with E-state index in [0.717, 1.165) is 12.6 Å². The molecule has 3 rings (SSSR count). The fourth-order valence-corrected chi connectivity index (χ4v) is 3.10. The number of rotatable bonds is 0. The van der Waals surface area contributed by atoms with Gasteiger partial charge in [-0.3, -0.25) is 0 Å². The zero-order valence-corrected chi connectivity index (χ0v) is 9.46. The summed E-state index contributed by atoms with van der Waals surface area (Å²) in [7, 11) is 2.24. The van der Waals surface area contributed by atoms with E-state index < -0.39 is 0 Å². The van der Waals surface area contributed by atoms with E-state index in [1.807, 2.05) is 0 Å². The molecule has 1 saturated heterocycles. The van der Waals surface area contributed by atoms with Gasteiger partial charge in [0.2, 0.25) is 0 Å². The van der Waals surface area contributed by atoms with Crippen LogP contribution in [0.3, 0.4) is 0 Å². The highest BCUT2D eigenvalue weighted by Gasteiger charge is 2.37. The van der Waals surface area contributed by atoms with Crippen LogP contribution in [0.4, 0.5) is 5.69 Å². The maximum atomic E-state index is 3.51. The molecular formula is C13H18N2. The van der Waals surface area contributed by atoms with Gasteiger partial charge in [-0.2, -0.15) is 0 Å². The first-order chi connectivity index (χ1) is 7.27. The molecule has 2 aliphatic heterocycles. The fourth-order valence-electron chi connectivity index (χ4n) is 3.10. The SMILES string of the molecule is Cc1ccc2c(c1)C1CNCCC1N2C. The predicted octanol–water partition coefficient (Wildman–Crippen LogP) is 1.89. The lowest BCUT2D eigenvalue weighted by Crippen LogP contribution is -2.42. The lowest BCUT2D eigenvalue weighted by molar-refractivity contribution is 0.413. The van der Waals surface area contributed by atoms with Crippen molar-refractivity contribution in [3.05, 3.63) is 29.3 Å². The highest BCUT2D eigenvalue weighted by Crippen LogP contribution is 2.42. The van der Waals surface area contributed by atoms with Gasteiger partial charge in [-0.1, -0.05) is 17.7 Å². The number of nitrogens with one attached hydrogen (secondary N) is 1. The lowest BCUT2D eigenvalue weighted by Gasteiger charge is -2.31. The second kappa shape index (κ2) is 3.24. The topological polar surface area (TPSA) is 15.3 Å². The van der Waals surface area contributed by atoms with E-state index in [1.165, 1.54) is 24.2 Å². The molecule has 2 unspecified atom stereocenters. The number of fused-ring (bicyclic) bond motifs is 3. The van der Waals surface area contributed by atoms with E-state index in [1.54, 1.807) is 5.56 Å². The fraction of sp³-hybridized carbons (Fsp3) is 0.538. The molecule has 1 N–H and O–H groups in total. The third-order valence-corrected chi connectivity index (χ3v) is 3.91. The molecule has 1 aromatic carbocycles. The van der Waals surface area contributed by atoms with Gasteiger partial charge in [0.1, 0.15) is 0 Å². The van der Waals surface area contributed by atoms with Crippen molar-refractivity contribution in [2.45, 2.75) is 25.3 Å². The first-order valence-corrected chi connectivity index (χ1v) is 5.81. The number of hydrogen-bond acceptors (Lipinski definition) is 2. The van der Waals surface area contributed by atoms with Crippen LogP contribution < -0.4 is 10.2 Å². The minimum Gasteiger partial charge on any atom is -0.371 e. The summed E-state index contributed by atoms with van der Waals surface area (Å²) < 4.78 is 0. The van der Waals surface area contributed by atoms with Crippen molar-refractivity contribution >= 4 is 5.69 Å². The monoisotopic (exact) mass is 202 g/mol. The summed E-state index contributed by atoms with van der Waals surface area (Å²) in [5.41, 5.74) is 4.38. The van der Waals surface area contributed by atoms with E-state index in [0.29, 0.717) is 5.92 Å². The van der Waals surface area contributed by atoms with Crippen molar-refractivity contribution in [2.75, 3.05) is 25.0 Å². The van der Waals surface area contributed by atoms with Crippen molar-refractivity contribution in [1.29, 1.82) is 0 Å². The number of aryl methyl sites for hydroxylation is 1. The van der Waals surface area contributed by atoms with Gasteiger partial charge in [-0.25, -0.2) is 0 Å². The van der Waals surface area contributed by atoms with Crippen molar-refractivity contribution < 1.29 is 0 Å². The molecule has 15 heavy (non-hydrogen) atoms. The van der Waals surface area contributed by atoms with E-state index in [4.69, 9.17) is 0 Å². The minimum absolute atomic E-state index is 0.707. The van der Waals surface area contributed by atoms with Crippen LogP contribution in [-0.2, 0) is 0 Å². The zero-order valence-electron chi connectivity index (χ0n) is 9.46. The molecule has 1 fully saturated rings. The Labute approximate surface area is 91.3 Å². The Kier molecular flexibility index (Phi) is 1.99. The van der Waals surface area contributed by atoms with Crippen LogP contribution in [0.2, 0.25) is 0 Å². The van der Waals surface area contributed by atoms with Crippen LogP contribution in [0.15, 0.2) is 18.2 Å². The molecule has 0 amide bonds. The molecule has 0 saturated carbocycles. The Bertz CT molecular complexity index is 386. The highest BCUT2D eigenvalue weighted by atomic mass is 15.2. The van der Waals surface area contributed by atoms with Crippen LogP contribution in [0.5, 0.6) is 0 Å². The summed E-state index contributed by atoms with van der Waals surface area (Å²) >= 11 is 0. The maximum absolute atomic E-state index is 3.51. The van der Waals surface area contributed by atoms with Crippen LogP contribution in [-0.4, -0.2) is 26.2 Å². The van der Waals surface area contributed by atoms with Gasteiger partial charge in [-0.15, -0.1) is 0 Å². The third-order valence-electron chi connectivity index (χ3n) is 3.91. The third kappa shape index (κ3) is 1.28. The molecule has 2 heteroatoms. The smallest absolute Gasteiger partial charge is 0.0403 e. The molecule has 80 valence electrons. The normalized spacial score (nSPS) is 28.8. The van der Waals surface area contributed by atoms with Gasteiger partial charge in [0.05, 0.1) is 0 Å². The average Bonchev–Trinajstić information content (AvgIpc) is 2.54. The Morgan fingerprint density at radius 1 is 1.40 bits per heavy atom. The van der Waals surface area contributed by atoms with Crippen LogP contribution in [0, 0.1) is 6.92 Å². The molecule has 0 radical (unpaired) electrons. The molecule has 2 nitrogen and oxygen atoms in total. The summed E-state index contributed by atoms with van der Waals surface area (Å²) in [6.45, 7) is 4.49. The van der Waals surface area contributed by atoms with Crippen molar-refractivity contribution in [2.24, 2.45) is 0 Å². The quantitative estimate of drug-likeness (QED) is 0.691. The number of anilines is 1. The number of benzene rings is 1. The molecular weight excluding hydrogens is 184 g/mol. The van der Waals surface area contributed by atoms with E-state index in [2.05, 4.69) is 42.4 Å². The molecule has 0 aliphatic carbocycles. The lowest BCUT2D eigenvalue weighted by atomic mass is 9.90. The number of hydrogen-bond donors (Lipinski definition) is 1. The largest absolute Gasteiger partial charge is 0.371 e. The summed E-state index contributed by atoms with van der Waals surface area (Å²) in [5, 5.41) is 3.51. The summed E-state index contributed by atoms with van der Waals surface area (Å²) in [6, 6.07) is 7.59. The number of nitrogens with zero attached hydrogens (tertiary/aromatic N) is 1. The van der Waals surface area contributed by atoms with E-state index >= 15 is 0 Å². The molecule has 2 aliphatic rings. The molecule has 0 aromatic heterocycles. The standard InChI is InChI=1S/C13H18N2/c1-9-3-4-12-10(7-9)11-8-14-6-5-13(11)15(12)2/h3-4,7,11,13-14H,5-6,8H2,1-2H3. The Balaban J connectivity index is 2.07. The van der Waals surface area contributed by atoms with Gasteiger partial charge in [0, 0.05) is 31.2 Å². The van der Waals surface area contributed by atoms with Crippen LogP contribution >= 0.6 is 0 Å². The van der Waals surface area contributed by atoms with Crippen molar-refractivity contribution in [1.82, 2.24) is 5.32 Å². The number of likely N-dealkylation sites (N-methyl/N-ethyl adjacent to an activating group) is 1. The Hall–Kier alpha value is -1.02. The van der Waals surface area contributed by atoms with Crippen LogP contribution in [0.25, 0.3) is 0 Å². The van der Waals surface area contributed by atoms with Gasteiger partial charge in [-0.05, 0) is 31.5 Å². The van der Waals surface area contributed by atoms with Gasteiger partial charge >= 0.3 is 0 Å². The molecule has 0 bridgehead atoms. The van der Waals surface area contributed by atoms with Crippen LogP contribution in [0.1, 0.15) is 23.5 Å². The van der Waals surface area contributed by atoms with Gasteiger partial charge < -0.3 is 10.2 Å².